The van der Waals surface area contributed by atoms with Crippen LogP contribution in [0.15, 0.2) is 24.3 Å². The minimum absolute atomic E-state index is 0.0422. The Balaban J connectivity index is 1.62. The molecule has 0 aromatic heterocycles. The van der Waals surface area contributed by atoms with Crippen molar-refractivity contribution in [1.82, 2.24) is 5.32 Å². The monoisotopic (exact) mass is 291 g/mol. The lowest BCUT2D eigenvalue weighted by atomic mass is 10.1. The summed E-state index contributed by atoms with van der Waals surface area (Å²) in [5.41, 5.74) is 1.21. The van der Waals surface area contributed by atoms with E-state index in [1.165, 1.54) is 5.56 Å². The molecule has 21 heavy (non-hydrogen) atoms. The van der Waals surface area contributed by atoms with Gasteiger partial charge in [0, 0.05) is 13.0 Å². The molecule has 1 N–H and O–H groups in total. The Kier molecular flexibility index (Phi) is 6.05. The highest BCUT2D eigenvalue weighted by Gasteiger charge is 2.16. The second kappa shape index (κ2) is 8.03. The standard InChI is InChI=1S/C17H25NO3/c1-13-5-7-16(8-6-13)21-14(2)12-18-17(19)10-9-15-4-3-11-20-15/h5-8,14-15H,3-4,9-12H2,1-2H3,(H,18,19)/t14-,15-/m0/s1. The van der Waals surface area contributed by atoms with E-state index in [0.717, 1.165) is 31.6 Å². The molecule has 0 unspecified atom stereocenters. The number of hydrogen-bond donors (Lipinski definition) is 1. The highest BCUT2D eigenvalue weighted by Crippen LogP contribution is 2.16. The second-order valence-corrected chi connectivity index (χ2v) is 5.72. The maximum absolute atomic E-state index is 11.8. The summed E-state index contributed by atoms with van der Waals surface area (Å²) in [6.07, 6.45) is 3.78. The van der Waals surface area contributed by atoms with Gasteiger partial charge in [0.1, 0.15) is 11.9 Å². The number of carbonyl (C=O) groups is 1. The van der Waals surface area contributed by atoms with Crippen molar-refractivity contribution in [2.75, 3.05) is 13.2 Å². The SMILES string of the molecule is Cc1ccc(O[C@@H](C)CNC(=O)CC[C@@H]2CCCO2)cc1. The van der Waals surface area contributed by atoms with E-state index in [1.807, 2.05) is 38.1 Å². The van der Waals surface area contributed by atoms with Crippen LogP contribution in [0.25, 0.3) is 0 Å². The number of nitrogens with one attached hydrogen (secondary N) is 1. The molecule has 2 rings (SSSR count). The van der Waals surface area contributed by atoms with Gasteiger partial charge in [-0.25, -0.2) is 0 Å². The van der Waals surface area contributed by atoms with E-state index >= 15 is 0 Å². The molecule has 1 aliphatic heterocycles. The molecule has 116 valence electrons. The molecule has 0 saturated carbocycles. The van der Waals surface area contributed by atoms with Crippen LogP contribution in [0.4, 0.5) is 0 Å². The van der Waals surface area contributed by atoms with Crippen molar-refractivity contribution in [2.24, 2.45) is 0 Å². The van der Waals surface area contributed by atoms with E-state index in [0.29, 0.717) is 13.0 Å². The first-order chi connectivity index (χ1) is 10.1. The third kappa shape index (κ3) is 5.76. The Morgan fingerprint density at radius 3 is 2.86 bits per heavy atom. The molecule has 1 amide bonds. The van der Waals surface area contributed by atoms with Crippen LogP contribution < -0.4 is 10.1 Å². The maximum Gasteiger partial charge on any atom is 0.220 e. The number of amides is 1. The fourth-order valence-electron chi connectivity index (χ4n) is 2.40. The van der Waals surface area contributed by atoms with Crippen molar-refractivity contribution in [3.05, 3.63) is 29.8 Å². The van der Waals surface area contributed by atoms with Crippen molar-refractivity contribution in [1.29, 1.82) is 0 Å². The summed E-state index contributed by atoms with van der Waals surface area (Å²) in [6.45, 7) is 5.37. The molecule has 0 aliphatic carbocycles. The van der Waals surface area contributed by atoms with Gasteiger partial charge in [-0.1, -0.05) is 17.7 Å². The number of aryl methyl sites for hydroxylation is 1. The maximum atomic E-state index is 11.8. The van der Waals surface area contributed by atoms with Crippen LogP contribution in [0.3, 0.4) is 0 Å². The van der Waals surface area contributed by atoms with Gasteiger partial charge < -0.3 is 14.8 Å². The van der Waals surface area contributed by atoms with Gasteiger partial charge in [0.15, 0.2) is 0 Å². The van der Waals surface area contributed by atoms with Gasteiger partial charge in [-0.3, -0.25) is 4.79 Å². The molecule has 0 bridgehead atoms. The van der Waals surface area contributed by atoms with Gasteiger partial charge in [-0.05, 0) is 45.2 Å². The molecule has 1 aromatic rings. The number of ether oxygens (including phenoxy) is 2. The Morgan fingerprint density at radius 1 is 1.43 bits per heavy atom. The van der Waals surface area contributed by atoms with Crippen molar-refractivity contribution in [2.45, 2.75) is 51.7 Å². The van der Waals surface area contributed by atoms with Gasteiger partial charge in [0.25, 0.3) is 0 Å². The first-order valence-electron chi connectivity index (χ1n) is 7.75. The first-order valence-corrected chi connectivity index (χ1v) is 7.75. The Hall–Kier alpha value is -1.55. The fraction of sp³-hybridized carbons (Fsp3) is 0.588. The molecule has 0 radical (unpaired) electrons. The van der Waals surface area contributed by atoms with Crippen LogP contribution in [0.1, 0.15) is 38.2 Å². The molecule has 2 atom stereocenters. The molecule has 1 aromatic carbocycles. The minimum atomic E-state index is -0.0422. The lowest BCUT2D eigenvalue weighted by molar-refractivity contribution is -0.122. The number of benzene rings is 1. The zero-order chi connectivity index (χ0) is 15.1. The topological polar surface area (TPSA) is 47.6 Å². The van der Waals surface area contributed by atoms with Crippen molar-refractivity contribution in [3.8, 4) is 5.75 Å². The molecule has 1 aliphatic rings. The number of hydrogen-bond acceptors (Lipinski definition) is 3. The van der Waals surface area contributed by atoms with E-state index in [9.17, 15) is 4.79 Å². The predicted octanol–water partition coefficient (Wildman–Crippen LogP) is 2.84. The molecular formula is C17H25NO3. The summed E-state index contributed by atoms with van der Waals surface area (Å²) in [4.78, 5) is 11.8. The van der Waals surface area contributed by atoms with Gasteiger partial charge in [0.05, 0.1) is 12.6 Å². The summed E-state index contributed by atoms with van der Waals surface area (Å²) in [5.74, 6) is 0.909. The van der Waals surface area contributed by atoms with Crippen LogP contribution in [0.2, 0.25) is 0 Å². The Labute approximate surface area is 126 Å². The third-order valence-electron chi connectivity index (χ3n) is 3.66. The van der Waals surface area contributed by atoms with Crippen LogP contribution in [0.5, 0.6) is 5.75 Å². The zero-order valence-corrected chi connectivity index (χ0v) is 12.9. The highest BCUT2D eigenvalue weighted by molar-refractivity contribution is 5.75. The summed E-state index contributed by atoms with van der Waals surface area (Å²) in [7, 11) is 0. The highest BCUT2D eigenvalue weighted by atomic mass is 16.5. The number of carbonyl (C=O) groups excluding carboxylic acids is 1. The zero-order valence-electron chi connectivity index (χ0n) is 12.9. The lowest BCUT2D eigenvalue weighted by Crippen LogP contribution is -2.33. The lowest BCUT2D eigenvalue weighted by Gasteiger charge is -2.16. The van der Waals surface area contributed by atoms with Crippen LogP contribution in [-0.4, -0.2) is 31.3 Å². The molecule has 1 saturated heterocycles. The third-order valence-corrected chi connectivity index (χ3v) is 3.66. The van der Waals surface area contributed by atoms with Gasteiger partial charge in [-0.2, -0.15) is 0 Å². The van der Waals surface area contributed by atoms with Crippen molar-refractivity contribution in [3.63, 3.8) is 0 Å². The van der Waals surface area contributed by atoms with E-state index in [2.05, 4.69) is 5.32 Å². The van der Waals surface area contributed by atoms with Gasteiger partial charge >= 0.3 is 0 Å². The summed E-state index contributed by atoms with van der Waals surface area (Å²) in [5, 5.41) is 2.92. The Morgan fingerprint density at radius 2 is 2.19 bits per heavy atom. The van der Waals surface area contributed by atoms with Crippen LogP contribution >= 0.6 is 0 Å². The summed E-state index contributed by atoms with van der Waals surface area (Å²) >= 11 is 0. The largest absolute Gasteiger partial charge is 0.489 e. The minimum Gasteiger partial charge on any atom is -0.489 e. The van der Waals surface area contributed by atoms with E-state index in [-0.39, 0.29) is 18.1 Å². The second-order valence-electron chi connectivity index (χ2n) is 5.72. The molecule has 4 heteroatoms. The molecule has 4 nitrogen and oxygen atoms in total. The smallest absolute Gasteiger partial charge is 0.220 e. The first kappa shape index (κ1) is 15.8. The summed E-state index contributed by atoms with van der Waals surface area (Å²) in [6, 6.07) is 7.93. The van der Waals surface area contributed by atoms with E-state index < -0.39 is 0 Å². The van der Waals surface area contributed by atoms with Crippen molar-refractivity contribution < 1.29 is 14.3 Å². The molecule has 1 heterocycles. The van der Waals surface area contributed by atoms with Gasteiger partial charge in [0.2, 0.25) is 5.91 Å². The average Bonchev–Trinajstić information content (AvgIpc) is 2.99. The Bertz CT molecular complexity index is 438. The quantitative estimate of drug-likeness (QED) is 0.840. The van der Waals surface area contributed by atoms with Gasteiger partial charge in [-0.15, -0.1) is 0 Å². The van der Waals surface area contributed by atoms with Crippen LogP contribution in [-0.2, 0) is 9.53 Å². The predicted molar refractivity (Wildman–Crippen MR) is 82.5 cm³/mol. The van der Waals surface area contributed by atoms with Crippen LogP contribution in [0, 0.1) is 6.92 Å². The number of rotatable bonds is 7. The summed E-state index contributed by atoms with van der Waals surface area (Å²) < 4.78 is 11.3. The van der Waals surface area contributed by atoms with Crippen molar-refractivity contribution >= 4 is 5.91 Å². The molecular weight excluding hydrogens is 266 g/mol. The molecule has 0 spiro atoms. The normalized spacial score (nSPS) is 19.2. The fourth-order valence-corrected chi connectivity index (χ4v) is 2.40. The molecule has 1 fully saturated rings. The van der Waals surface area contributed by atoms with E-state index in [1.54, 1.807) is 0 Å². The average molecular weight is 291 g/mol. The van der Waals surface area contributed by atoms with E-state index in [4.69, 9.17) is 9.47 Å².